The van der Waals surface area contributed by atoms with Gasteiger partial charge in [0.15, 0.2) is 0 Å². The molecule has 1 aromatic heterocycles. The molecule has 0 saturated carbocycles. The number of aryl methyl sites for hydroxylation is 1. The topological polar surface area (TPSA) is 64.3 Å². The normalized spacial score (nSPS) is 21.2. The molecule has 0 radical (unpaired) electrons. The van der Waals surface area contributed by atoms with Gasteiger partial charge >= 0.3 is 6.03 Å². The van der Waals surface area contributed by atoms with Crippen molar-refractivity contribution in [2.75, 3.05) is 20.1 Å². The zero-order chi connectivity index (χ0) is 17.8. The number of likely N-dealkylation sites (tertiary alicyclic amines) is 1. The van der Waals surface area contributed by atoms with Gasteiger partial charge in [-0.3, -0.25) is 10.00 Å². The summed E-state index contributed by atoms with van der Waals surface area (Å²) in [4.78, 5) is 16.8. The summed E-state index contributed by atoms with van der Waals surface area (Å²) in [5.41, 5.74) is 3.66. The van der Waals surface area contributed by atoms with E-state index in [0.717, 1.165) is 31.6 Å². The Morgan fingerprint density at radius 3 is 2.92 bits per heavy atom. The van der Waals surface area contributed by atoms with E-state index in [1.54, 1.807) is 4.90 Å². The summed E-state index contributed by atoms with van der Waals surface area (Å²) < 4.78 is 0. The zero-order valence-corrected chi connectivity index (χ0v) is 16.0. The minimum atomic E-state index is 0.000906. The molecule has 3 rings (SSSR count). The van der Waals surface area contributed by atoms with Crippen molar-refractivity contribution in [3.05, 3.63) is 17.0 Å². The maximum absolute atomic E-state index is 12.5. The smallest absolute Gasteiger partial charge is 0.317 e. The number of hydrogen-bond donors (Lipinski definition) is 2. The van der Waals surface area contributed by atoms with Crippen LogP contribution in [0.5, 0.6) is 0 Å². The van der Waals surface area contributed by atoms with E-state index in [0.29, 0.717) is 18.6 Å². The highest BCUT2D eigenvalue weighted by molar-refractivity contribution is 5.73. The van der Waals surface area contributed by atoms with Gasteiger partial charge in [-0.1, -0.05) is 6.42 Å². The Morgan fingerprint density at radius 1 is 1.32 bits per heavy atom. The first-order chi connectivity index (χ1) is 12.1. The summed E-state index contributed by atoms with van der Waals surface area (Å²) in [6.45, 7) is 6.93. The highest BCUT2D eigenvalue weighted by atomic mass is 16.2. The Balaban J connectivity index is 1.52. The van der Waals surface area contributed by atoms with E-state index in [-0.39, 0.29) is 6.03 Å². The van der Waals surface area contributed by atoms with Gasteiger partial charge in [-0.05, 0) is 64.5 Å². The third kappa shape index (κ3) is 4.35. The van der Waals surface area contributed by atoms with E-state index < -0.39 is 0 Å². The molecule has 2 amide bonds. The van der Waals surface area contributed by atoms with Crippen LogP contribution in [0.3, 0.4) is 0 Å². The van der Waals surface area contributed by atoms with Gasteiger partial charge in [0.1, 0.15) is 0 Å². The number of amides is 2. The predicted molar refractivity (Wildman–Crippen MR) is 99.6 cm³/mol. The molecule has 0 unspecified atom stereocenters. The van der Waals surface area contributed by atoms with Crippen LogP contribution in [0.4, 0.5) is 4.79 Å². The molecular weight excluding hydrogens is 314 g/mol. The average molecular weight is 348 g/mol. The fourth-order valence-corrected chi connectivity index (χ4v) is 4.25. The molecular formula is C19H33N5O. The van der Waals surface area contributed by atoms with Gasteiger partial charge in [-0.15, -0.1) is 0 Å². The Hall–Kier alpha value is -1.56. The maximum Gasteiger partial charge on any atom is 0.317 e. The summed E-state index contributed by atoms with van der Waals surface area (Å²) >= 11 is 0. The lowest BCUT2D eigenvalue weighted by atomic mass is 10.1. The summed E-state index contributed by atoms with van der Waals surface area (Å²) in [6.07, 6.45) is 8.32. The molecule has 2 aliphatic rings. The highest BCUT2D eigenvalue weighted by Crippen LogP contribution is 2.22. The number of aromatic nitrogens is 2. The standard InChI is InChI=1S/C19H33N5O/c1-14(2)24-11-7-8-15(24)12-20-19(25)23(3)13-18-16-9-5-4-6-10-17(16)21-22-18/h14-15H,4-13H2,1-3H3,(H,20,25)(H,21,22)/t15-/m1/s1. The van der Waals surface area contributed by atoms with Crippen LogP contribution in [0.25, 0.3) is 0 Å². The van der Waals surface area contributed by atoms with Crippen molar-refractivity contribution in [3.63, 3.8) is 0 Å². The van der Waals surface area contributed by atoms with Crippen molar-refractivity contribution in [1.29, 1.82) is 0 Å². The van der Waals surface area contributed by atoms with Gasteiger partial charge in [0, 0.05) is 31.4 Å². The number of nitrogens with one attached hydrogen (secondary N) is 2. The molecule has 2 heterocycles. The number of nitrogens with zero attached hydrogens (tertiary/aromatic N) is 3. The van der Waals surface area contributed by atoms with Crippen LogP contribution in [0, 0.1) is 0 Å². The average Bonchev–Trinajstić information content (AvgIpc) is 3.13. The number of fused-ring (bicyclic) bond motifs is 1. The molecule has 1 aliphatic carbocycles. The second-order valence-electron chi connectivity index (χ2n) is 7.86. The number of carbonyl (C=O) groups excluding carboxylic acids is 1. The first-order valence-electron chi connectivity index (χ1n) is 9.86. The Morgan fingerprint density at radius 2 is 2.12 bits per heavy atom. The molecule has 6 heteroatoms. The second kappa shape index (κ2) is 8.21. The van der Waals surface area contributed by atoms with Crippen LogP contribution in [-0.4, -0.2) is 58.2 Å². The lowest BCUT2D eigenvalue weighted by Gasteiger charge is -2.29. The molecule has 0 aromatic carbocycles. The van der Waals surface area contributed by atoms with Crippen molar-refractivity contribution in [2.24, 2.45) is 0 Å². The molecule has 1 atom stereocenters. The summed E-state index contributed by atoms with van der Waals surface area (Å²) in [7, 11) is 1.86. The van der Waals surface area contributed by atoms with Crippen LogP contribution in [0.15, 0.2) is 0 Å². The number of urea groups is 1. The van der Waals surface area contributed by atoms with Crippen molar-refractivity contribution >= 4 is 6.03 Å². The molecule has 1 aliphatic heterocycles. The van der Waals surface area contributed by atoms with Gasteiger partial charge in [-0.25, -0.2) is 4.79 Å². The number of rotatable bonds is 5. The second-order valence-corrected chi connectivity index (χ2v) is 7.86. The molecule has 1 fully saturated rings. The van der Waals surface area contributed by atoms with E-state index in [1.807, 2.05) is 7.05 Å². The van der Waals surface area contributed by atoms with E-state index in [2.05, 4.69) is 34.3 Å². The molecule has 140 valence electrons. The Bertz CT molecular complexity index is 582. The first-order valence-corrected chi connectivity index (χ1v) is 9.86. The Kier molecular flexibility index (Phi) is 5.99. The molecule has 0 spiro atoms. The number of carbonyl (C=O) groups is 1. The largest absolute Gasteiger partial charge is 0.336 e. The van der Waals surface area contributed by atoms with Crippen LogP contribution >= 0.6 is 0 Å². The van der Waals surface area contributed by atoms with Crippen LogP contribution in [-0.2, 0) is 19.4 Å². The first kappa shape index (κ1) is 18.2. The van der Waals surface area contributed by atoms with Crippen LogP contribution in [0.1, 0.15) is 62.9 Å². The molecule has 6 nitrogen and oxygen atoms in total. The summed E-state index contributed by atoms with van der Waals surface area (Å²) in [5.74, 6) is 0. The van der Waals surface area contributed by atoms with Crippen LogP contribution < -0.4 is 5.32 Å². The fraction of sp³-hybridized carbons (Fsp3) is 0.789. The van der Waals surface area contributed by atoms with Crippen molar-refractivity contribution in [2.45, 2.75) is 77.4 Å². The summed E-state index contributed by atoms with van der Waals surface area (Å²) in [5, 5.41) is 10.8. The van der Waals surface area contributed by atoms with E-state index in [4.69, 9.17) is 0 Å². The molecule has 1 saturated heterocycles. The lowest BCUT2D eigenvalue weighted by Crippen LogP contribution is -2.46. The van der Waals surface area contributed by atoms with Gasteiger partial charge in [0.05, 0.1) is 12.2 Å². The zero-order valence-electron chi connectivity index (χ0n) is 16.0. The minimum absolute atomic E-state index is 0.000906. The van der Waals surface area contributed by atoms with E-state index in [1.165, 1.54) is 43.4 Å². The third-order valence-electron chi connectivity index (χ3n) is 5.70. The summed E-state index contributed by atoms with van der Waals surface area (Å²) in [6, 6.07) is 1.02. The molecule has 2 N–H and O–H groups in total. The number of H-pyrrole nitrogens is 1. The monoisotopic (exact) mass is 347 g/mol. The lowest BCUT2D eigenvalue weighted by molar-refractivity contribution is 0.183. The molecule has 1 aromatic rings. The van der Waals surface area contributed by atoms with Gasteiger partial charge in [0.25, 0.3) is 0 Å². The maximum atomic E-state index is 12.5. The Labute approximate surface area is 151 Å². The van der Waals surface area contributed by atoms with Crippen molar-refractivity contribution in [3.8, 4) is 0 Å². The SMILES string of the molecule is CC(C)N1CCC[C@@H]1CNC(=O)N(C)Cc1n[nH]c2c1CCCCC2. The van der Waals surface area contributed by atoms with Gasteiger partial charge < -0.3 is 10.2 Å². The van der Waals surface area contributed by atoms with E-state index in [9.17, 15) is 4.79 Å². The van der Waals surface area contributed by atoms with Crippen molar-refractivity contribution in [1.82, 2.24) is 25.3 Å². The predicted octanol–water partition coefficient (Wildman–Crippen LogP) is 2.69. The molecule has 25 heavy (non-hydrogen) atoms. The number of aromatic amines is 1. The molecule has 0 bridgehead atoms. The number of hydrogen-bond acceptors (Lipinski definition) is 3. The van der Waals surface area contributed by atoms with Crippen LogP contribution in [0.2, 0.25) is 0 Å². The fourth-order valence-electron chi connectivity index (χ4n) is 4.25. The van der Waals surface area contributed by atoms with E-state index >= 15 is 0 Å². The minimum Gasteiger partial charge on any atom is -0.336 e. The highest BCUT2D eigenvalue weighted by Gasteiger charge is 2.27. The third-order valence-corrected chi connectivity index (χ3v) is 5.70. The van der Waals surface area contributed by atoms with Gasteiger partial charge in [0.2, 0.25) is 0 Å². The quantitative estimate of drug-likeness (QED) is 0.805. The van der Waals surface area contributed by atoms with Crippen molar-refractivity contribution < 1.29 is 4.79 Å². The van der Waals surface area contributed by atoms with Gasteiger partial charge in [-0.2, -0.15) is 5.10 Å².